The van der Waals surface area contributed by atoms with Crippen LogP contribution in [0.15, 0.2) is 45.4 Å². The van der Waals surface area contributed by atoms with Crippen LogP contribution in [0.5, 0.6) is 5.75 Å². The number of piperidine rings is 1. The lowest BCUT2D eigenvalue weighted by Crippen LogP contribution is -2.47. The van der Waals surface area contributed by atoms with E-state index in [1.807, 2.05) is 35.8 Å². The van der Waals surface area contributed by atoms with Gasteiger partial charge < -0.3 is 4.74 Å². The Bertz CT molecular complexity index is 1180. The molecule has 0 saturated carbocycles. The number of benzene rings is 1. The van der Waals surface area contributed by atoms with E-state index < -0.39 is 11.1 Å². The van der Waals surface area contributed by atoms with Gasteiger partial charge >= 0.3 is 11.1 Å². The van der Waals surface area contributed by atoms with Gasteiger partial charge in [0, 0.05) is 23.5 Å². The predicted molar refractivity (Wildman–Crippen MR) is 118 cm³/mol. The molecule has 0 amide bonds. The molecule has 1 saturated heterocycles. The summed E-state index contributed by atoms with van der Waals surface area (Å²) >= 11 is 1.68. The molecule has 9 heteroatoms. The minimum Gasteiger partial charge on any atom is -0.497 e. The predicted octanol–water partition coefficient (Wildman–Crippen LogP) is 1.86. The summed E-state index contributed by atoms with van der Waals surface area (Å²) in [5.74, 6) is 1.53. The Hall–Kier alpha value is -2.78. The molecule has 2 aromatic heterocycles. The van der Waals surface area contributed by atoms with Crippen molar-refractivity contribution in [1.29, 1.82) is 0 Å². The summed E-state index contributed by atoms with van der Waals surface area (Å²) in [5, 5.41) is 7.87. The van der Waals surface area contributed by atoms with Gasteiger partial charge in [0.2, 0.25) is 0 Å². The van der Waals surface area contributed by atoms with Gasteiger partial charge in [-0.15, -0.1) is 11.3 Å². The number of fused-ring (bicyclic) bond motifs is 2. The van der Waals surface area contributed by atoms with Crippen molar-refractivity contribution >= 4 is 11.3 Å². The van der Waals surface area contributed by atoms with E-state index in [0.717, 1.165) is 61.0 Å². The highest BCUT2D eigenvalue weighted by Crippen LogP contribution is 2.41. The number of hydrogen-bond donors (Lipinski definition) is 0. The van der Waals surface area contributed by atoms with E-state index in [0.29, 0.717) is 6.54 Å². The fourth-order valence-corrected chi connectivity index (χ4v) is 5.38. The Morgan fingerprint density at radius 2 is 1.77 bits per heavy atom. The zero-order valence-corrected chi connectivity index (χ0v) is 18.3. The molecule has 0 unspecified atom stereocenters. The number of likely N-dealkylation sites (tertiary alicyclic amines) is 1. The normalized spacial score (nSPS) is 17.7. The van der Waals surface area contributed by atoms with Gasteiger partial charge in [0.1, 0.15) is 16.6 Å². The van der Waals surface area contributed by atoms with Gasteiger partial charge in [-0.05, 0) is 50.0 Å². The first-order valence-corrected chi connectivity index (χ1v) is 11.4. The van der Waals surface area contributed by atoms with Gasteiger partial charge in [-0.1, -0.05) is 12.1 Å². The molecule has 1 fully saturated rings. The van der Waals surface area contributed by atoms with Gasteiger partial charge in [0.05, 0.1) is 20.2 Å². The van der Waals surface area contributed by atoms with Gasteiger partial charge in [0.15, 0.2) is 0 Å². The SMILES string of the molecule is COc1ccc(Cn2nc3n(c(=O)c2=O)CCC32CCN(Cc3nccs3)CC2)cc1. The quantitative estimate of drug-likeness (QED) is 0.565. The molecule has 2 aliphatic heterocycles. The second-order valence-electron chi connectivity index (χ2n) is 8.32. The Morgan fingerprint density at radius 1 is 1.03 bits per heavy atom. The zero-order chi connectivity index (χ0) is 21.4. The average Bonchev–Trinajstić information content (AvgIpc) is 3.43. The standard InChI is InChI=1S/C22H25N5O3S/c1-30-17-4-2-16(3-5-17)14-27-20(29)19(28)26-12-8-22(21(26)24-27)6-10-25(11-7-22)15-18-23-9-13-31-18/h2-5,9,13H,6-8,10-12,14-15H2,1H3. The molecule has 4 heterocycles. The van der Waals surface area contributed by atoms with Crippen molar-refractivity contribution in [3.8, 4) is 5.75 Å². The smallest absolute Gasteiger partial charge is 0.332 e. The van der Waals surface area contributed by atoms with E-state index in [1.165, 1.54) is 4.68 Å². The van der Waals surface area contributed by atoms with Crippen LogP contribution in [0.2, 0.25) is 0 Å². The lowest BCUT2D eigenvalue weighted by atomic mass is 9.77. The van der Waals surface area contributed by atoms with Gasteiger partial charge in [-0.25, -0.2) is 9.67 Å². The van der Waals surface area contributed by atoms with Gasteiger partial charge in [0.25, 0.3) is 0 Å². The van der Waals surface area contributed by atoms with Crippen molar-refractivity contribution in [2.75, 3.05) is 20.2 Å². The van der Waals surface area contributed by atoms with Gasteiger partial charge in [-0.3, -0.25) is 19.1 Å². The first kappa shape index (κ1) is 20.1. The maximum Gasteiger partial charge on any atom is 0.332 e. The zero-order valence-electron chi connectivity index (χ0n) is 17.5. The molecule has 162 valence electrons. The van der Waals surface area contributed by atoms with Crippen molar-refractivity contribution in [2.24, 2.45) is 0 Å². The molecule has 1 spiro atoms. The van der Waals surface area contributed by atoms with Crippen molar-refractivity contribution in [2.45, 2.75) is 44.3 Å². The third-order valence-corrected chi connectivity index (χ3v) is 7.33. The van der Waals surface area contributed by atoms with E-state index in [-0.39, 0.29) is 12.0 Å². The molecule has 0 radical (unpaired) electrons. The average molecular weight is 440 g/mol. The number of hydrogen-bond acceptors (Lipinski definition) is 7. The molecule has 3 aromatic rings. The maximum atomic E-state index is 12.8. The lowest BCUT2D eigenvalue weighted by Gasteiger charge is -2.38. The van der Waals surface area contributed by atoms with Crippen LogP contribution < -0.4 is 15.9 Å². The van der Waals surface area contributed by atoms with Crippen molar-refractivity contribution in [3.63, 3.8) is 0 Å². The molecule has 0 N–H and O–H groups in total. The Kier molecular flexibility index (Phi) is 5.23. The molecular formula is C22H25N5O3S. The number of nitrogens with zero attached hydrogens (tertiary/aromatic N) is 5. The minimum atomic E-state index is -0.558. The first-order chi connectivity index (χ1) is 15.1. The Labute approximate surface area is 183 Å². The monoisotopic (exact) mass is 439 g/mol. The van der Waals surface area contributed by atoms with Crippen LogP contribution in [-0.2, 0) is 25.0 Å². The van der Waals surface area contributed by atoms with Crippen LogP contribution in [0.1, 0.15) is 35.7 Å². The van der Waals surface area contributed by atoms with Crippen molar-refractivity contribution in [3.05, 3.63) is 72.9 Å². The van der Waals surface area contributed by atoms with Crippen LogP contribution in [0.25, 0.3) is 0 Å². The Morgan fingerprint density at radius 3 is 2.45 bits per heavy atom. The summed E-state index contributed by atoms with van der Waals surface area (Å²) in [7, 11) is 1.62. The van der Waals surface area contributed by atoms with E-state index >= 15 is 0 Å². The summed E-state index contributed by atoms with van der Waals surface area (Å²) < 4.78 is 8.15. The molecule has 1 aromatic carbocycles. The topological polar surface area (TPSA) is 82.2 Å². The summed E-state index contributed by atoms with van der Waals surface area (Å²) in [4.78, 5) is 32.3. The Balaban J connectivity index is 1.40. The molecule has 0 aliphatic carbocycles. The summed E-state index contributed by atoms with van der Waals surface area (Å²) in [5.41, 5.74) is -0.239. The van der Waals surface area contributed by atoms with E-state index in [9.17, 15) is 9.59 Å². The molecular weight excluding hydrogens is 414 g/mol. The van der Waals surface area contributed by atoms with Gasteiger partial charge in [-0.2, -0.15) is 5.10 Å². The highest BCUT2D eigenvalue weighted by Gasteiger charge is 2.44. The number of rotatable bonds is 5. The number of aromatic nitrogens is 4. The first-order valence-electron chi connectivity index (χ1n) is 10.5. The molecule has 5 rings (SSSR count). The summed E-state index contributed by atoms with van der Waals surface area (Å²) in [6.45, 7) is 3.59. The van der Waals surface area contributed by atoms with Crippen molar-refractivity contribution in [1.82, 2.24) is 24.2 Å². The van der Waals surface area contributed by atoms with Crippen LogP contribution in [-0.4, -0.2) is 44.4 Å². The van der Waals surface area contributed by atoms with E-state index in [2.05, 4.69) is 9.88 Å². The maximum absolute atomic E-state index is 12.8. The van der Waals surface area contributed by atoms with Crippen LogP contribution >= 0.6 is 11.3 Å². The minimum absolute atomic E-state index is 0.131. The molecule has 0 atom stereocenters. The highest BCUT2D eigenvalue weighted by atomic mass is 32.1. The largest absolute Gasteiger partial charge is 0.497 e. The third kappa shape index (κ3) is 3.72. The highest BCUT2D eigenvalue weighted by molar-refractivity contribution is 7.09. The fourth-order valence-electron chi connectivity index (χ4n) is 4.72. The second-order valence-corrected chi connectivity index (χ2v) is 9.30. The van der Waals surface area contributed by atoms with E-state index in [1.54, 1.807) is 23.0 Å². The second kappa shape index (κ2) is 8.05. The summed E-state index contributed by atoms with van der Waals surface area (Å²) in [6, 6.07) is 7.48. The van der Waals surface area contributed by atoms with Crippen LogP contribution in [0, 0.1) is 0 Å². The van der Waals surface area contributed by atoms with E-state index in [4.69, 9.17) is 9.84 Å². The van der Waals surface area contributed by atoms with Crippen LogP contribution in [0.3, 0.4) is 0 Å². The molecule has 2 aliphatic rings. The molecule has 8 nitrogen and oxygen atoms in total. The lowest BCUT2D eigenvalue weighted by molar-refractivity contribution is 0.148. The summed E-state index contributed by atoms with van der Waals surface area (Å²) in [6.07, 6.45) is 4.58. The number of methoxy groups -OCH3 is 1. The van der Waals surface area contributed by atoms with Crippen molar-refractivity contribution < 1.29 is 4.74 Å². The molecule has 31 heavy (non-hydrogen) atoms. The number of thiazole rings is 1. The molecule has 0 bridgehead atoms. The van der Waals surface area contributed by atoms with Crippen LogP contribution in [0.4, 0.5) is 0 Å². The third-order valence-electron chi connectivity index (χ3n) is 6.57. The fraction of sp³-hybridized carbons (Fsp3) is 0.455. The number of ether oxygens (including phenoxy) is 1.